The van der Waals surface area contributed by atoms with Gasteiger partial charge in [0.1, 0.15) is 11.8 Å². The van der Waals surface area contributed by atoms with Gasteiger partial charge in [-0.15, -0.1) is 0 Å². The number of hydrogen-bond acceptors (Lipinski definition) is 4. The lowest BCUT2D eigenvalue weighted by atomic mass is 10.2. The first-order valence-electron chi connectivity index (χ1n) is 8.53. The van der Waals surface area contributed by atoms with Crippen molar-refractivity contribution >= 4 is 21.8 Å². The predicted octanol–water partition coefficient (Wildman–Crippen LogP) is 3.47. The second-order valence-corrected chi connectivity index (χ2v) is 7.34. The lowest BCUT2D eigenvalue weighted by Gasteiger charge is -2.35. The molecule has 0 spiro atoms. The van der Waals surface area contributed by atoms with Gasteiger partial charge in [0, 0.05) is 26.2 Å². The molecule has 1 aliphatic rings. The number of aromatic nitrogens is 2. The highest BCUT2D eigenvalue weighted by atomic mass is 79.9. The molecule has 148 valence electrons. The molecule has 27 heavy (non-hydrogen) atoms. The van der Waals surface area contributed by atoms with Crippen LogP contribution in [-0.4, -0.2) is 51.7 Å². The van der Waals surface area contributed by atoms with E-state index in [9.17, 15) is 18.0 Å². The zero-order chi connectivity index (χ0) is 19.8. The van der Waals surface area contributed by atoms with Crippen LogP contribution in [0, 0.1) is 6.92 Å². The van der Waals surface area contributed by atoms with Gasteiger partial charge in [-0.2, -0.15) is 18.3 Å². The van der Waals surface area contributed by atoms with Crippen LogP contribution in [0.25, 0.3) is 0 Å². The Morgan fingerprint density at radius 2 is 2.00 bits per heavy atom. The van der Waals surface area contributed by atoms with Crippen LogP contribution in [0.3, 0.4) is 0 Å². The largest absolute Gasteiger partial charge is 0.468 e. The average molecular weight is 449 g/mol. The molecular formula is C17H20BrF3N4O2. The molecule has 0 radical (unpaired) electrons. The highest BCUT2D eigenvalue weighted by Gasteiger charge is 2.39. The Morgan fingerprint density at radius 1 is 1.33 bits per heavy atom. The van der Waals surface area contributed by atoms with Crippen molar-refractivity contribution in [2.45, 2.75) is 32.6 Å². The standard InChI is InChI=1S/C17H20BrF3N4O2/c1-11-14(18)15(17(19,20)21)22-25(11)12(2)16(26)24-7-5-23(6-8-24)10-13-4-3-9-27-13/h3-4,9,12H,5-8,10H2,1-2H3. The maximum absolute atomic E-state index is 13.0. The van der Waals surface area contributed by atoms with E-state index < -0.39 is 17.9 Å². The maximum Gasteiger partial charge on any atom is 0.436 e. The molecule has 1 fully saturated rings. The Kier molecular flexibility index (Phi) is 5.66. The molecule has 3 heterocycles. The Hall–Kier alpha value is -1.81. The highest BCUT2D eigenvalue weighted by Crippen LogP contribution is 2.36. The molecule has 2 aromatic rings. The first kappa shape index (κ1) is 19.9. The van der Waals surface area contributed by atoms with Gasteiger partial charge in [-0.3, -0.25) is 14.4 Å². The molecule has 0 saturated carbocycles. The molecular weight excluding hydrogens is 429 g/mol. The number of amides is 1. The zero-order valence-electron chi connectivity index (χ0n) is 15.0. The minimum Gasteiger partial charge on any atom is -0.468 e. The first-order chi connectivity index (χ1) is 12.7. The Bertz CT molecular complexity index is 796. The number of hydrogen-bond donors (Lipinski definition) is 0. The predicted molar refractivity (Wildman–Crippen MR) is 94.9 cm³/mol. The van der Waals surface area contributed by atoms with Crippen LogP contribution in [0.5, 0.6) is 0 Å². The van der Waals surface area contributed by atoms with Crippen molar-refractivity contribution in [2.75, 3.05) is 26.2 Å². The molecule has 0 bridgehead atoms. The molecule has 1 atom stereocenters. The number of carbonyl (C=O) groups is 1. The van der Waals surface area contributed by atoms with E-state index in [1.54, 1.807) is 18.1 Å². The van der Waals surface area contributed by atoms with Crippen molar-refractivity contribution in [3.05, 3.63) is 40.0 Å². The molecule has 1 aliphatic heterocycles. The summed E-state index contributed by atoms with van der Waals surface area (Å²) in [5.74, 6) is 0.624. The summed E-state index contributed by atoms with van der Waals surface area (Å²) in [7, 11) is 0. The monoisotopic (exact) mass is 448 g/mol. The molecule has 2 aromatic heterocycles. The van der Waals surface area contributed by atoms with Gasteiger partial charge in [0.25, 0.3) is 0 Å². The summed E-state index contributed by atoms with van der Waals surface area (Å²) in [5.41, 5.74) is -0.734. The van der Waals surface area contributed by atoms with Gasteiger partial charge in [0.05, 0.1) is 23.0 Å². The fourth-order valence-electron chi connectivity index (χ4n) is 3.17. The van der Waals surface area contributed by atoms with Gasteiger partial charge >= 0.3 is 6.18 Å². The first-order valence-corrected chi connectivity index (χ1v) is 9.33. The van der Waals surface area contributed by atoms with Crippen molar-refractivity contribution in [1.82, 2.24) is 19.6 Å². The van der Waals surface area contributed by atoms with E-state index in [0.29, 0.717) is 32.7 Å². The van der Waals surface area contributed by atoms with Crippen LogP contribution in [0.4, 0.5) is 13.2 Å². The number of furan rings is 1. The van der Waals surface area contributed by atoms with E-state index in [1.807, 2.05) is 12.1 Å². The Morgan fingerprint density at radius 3 is 2.52 bits per heavy atom. The van der Waals surface area contributed by atoms with Crippen LogP contribution >= 0.6 is 15.9 Å². The molecule has 1 unspecified atom stereocenters. The van der Waals surface area contributed by atoms with Gasteiger partial charge in [0.15, 0.2) is 5.69 Å². The van der Waals surface area contributed by atoms with Crippen molar-refractivity contribution in [3.8, 4) is 0 Å². The third-order valence-corrected chi connectivity index (χ3v) is 5.66. The minimum absolute atomic E-state index is 0.127. The van der Waals surface area contributed by atoms with E-state index in [4.69, 9.17) is 4.42 Å². The molecule has 0 aliphatic carbocycles. The van der Waals surface area contributed by atoms with Gasteiger partial charge in [0.2, 0.25) is 5.91 Å². The second-order valence-electron chi connectivity index (χ2n) is 6.55. The maximum atomic E-state index is 13.0. The lowest BCUT2D eigenvalue weighted by molar-refractivity contribution is -0.143. The normalized spacial score (nSPS) is 17.3. The summed E-state index contributed by atoms with van der Waals surface area (Å²) in [6.45, 7) is 6.13. The van der Waals surface area contributed by atoms with Crippen LogP contribution in [0.2, 0.25) is 0 Å². The van der Waals surface area contributed by atoms with E-state index in [2.05, 4.69) is 25.9 Å². The average Bonchev–Trinajstić information content (AvgIpc) is 3.23. The van der Waals surface area contributed by atoms with E-state index in [1.165, 1.54) is 6.92 Å². The summed E-state index contributed by atoms with van der Waals surface area (Å²) in [6, 6.07) is 2.92. The summed E-state index contributed by atoms with van der Waals surface area (Å²) in [4.78, 5) is 16.6. The molecule has 0 N–H and O–H groups in total. The molecule has 0 aromatic carbocycles. The summed E-state index contributed by atoms with van der Waals surface area (Å²) in [6.07, 6.45) is -2.95. The fourth-order valence-corrected chi connectivity index (χ4v) is 3.66. The smallest absolute Gasteiger partial charge is 0.436 e. The third kappa shape index (κ3) is 4.21. The number of nitrogens with zero attached hydrogens (tertiary/aromatic N) is 4. The molecule has 3 rings (SSSR count). The van der Waals surface area contributed by atoms with Crippen molar-refractivity contribution in [3.63, 3.8) is 0 Å². The van der Waals surface area contributed by atoms with Crippen molar-refractivity contribution in [1.29, 1.82) is 0 Å². The topological polar surface area (TPSA) is 54.5 Å². The Labute approximate surface area is 163 Å². The van der Waals surface area contributed by atoms with Crippen molar-refractivity contribution in [2.24, 2.45) is 0 Å². The van der Waals surface area contributed by atoms with Crippen LogP contribution in [-0.2, 0) is 17.5 Å². The summed E-state index contributed by atoms with van der Waals surface area (Å²) in [5, 5.41) is 3.64. The highest BCUT2D eigenvalue weighted by molar-refractivity contribution is 9.10. The number of piperazine rings is 1. The van der Waals surface area contributed by atoms with Crippen LogP contribution in [0.15, 0.2) is 27.3 Å². The van der Waals surface area contributed by atoms with Crippen molar-refractivity contribution < 1.29 is 22.4 Å². The van der Waals surface area contributed by atoms with Gasteiger partial charge in [-0.1, -0.05) is 0 Å². The van der Waals surface area contributed by atoms with E-state index in [-0.39, 0.29) is 16.1 Å². The van der Waals surface area contributed by atoms with Gasteiger partial charge < -0.3 is 9.32 Å². The fraction of sp³-hybridized carbons (Fsp3) is 0.529. The molecule has 10 heteroatoms. The quantitative estimate of drug-likeness (QED) is 0.718. The third-order valence-electron chi connectivity index (χ3n) is 4.71. The minimum atomic E-state index is -4.57. The van der Waals surface area contributed by atoms with Gasteiger partial charge in [-0.05, 0) is 41.9 Å². The summed E-state index contributed by atoms with van der Waals surface area (Å²) < 4.78 is 45.5. The second kappa shape index (κ2) is 7.67. The molecule has 1 saturated heterocycles. The number of carbonyl (C=O) groups excluding carboxylic acids is 1. The lowest BCUT2D eigenvalue weighted by Crippen LogP contribution is -2.50. The van der Waals surface area contributed by atoms with Crippen LogP contribution < -0.4 is 0 Å². The Balaban J connectivity index is 1.65. The number of rotatable bonds is 4. The van der Waals surface area contributed by atoms with Crippen LogP contribution in [0.1, 0.15) is 30.1 Å². The summed E-state index contributed by atoms with van der Waals surface area (Å²) >= 11 is 2.94. The van der Waals surface area contributed by atoms with E-state index >= 15 is 0 Å². The van der Waals surface area contributed by atoms with Gasteiger partial charge in [-0.25, -0.2) is 0 Å². The molecule has 1 amide bonds. The SMILES string of the molecule is Cc1c(Br)c(C(F)(F)F)nn1C(C)C(=O)N1CCN(Cc2ccco2)CC1. The van der Waals surface area contributed by atoms with E-state index in [0.717, 1.165) is 10.4 Å². The molecule has 6 nitrogen and oxygen atoms in total. The zero-order valence-corrected chi connectivity index (χ0v) is 16.5. The number of alkyl halides is 3. The number of halogens is 4.